The summed E-state index contributed by atoms with van der Waals surface area (Å²) in [4.78, 5) is 8.10. The summed E-state index contributed by atoms with van der Waals surface area (Å²) in [5, 5.41) is 7.33. The highest BCUT2D eigenvalue weighted by Gasteiger charge is 2.03. The summed E-state index contributed by atoms with van der Waals surface area (Å²) in [7, 11) is 0. The second-order valence-corrected chi connectivity index (χ2v) is 3.07. The van der Waals surface area contributed by atoms with Crippen LogP contribution in [0.25, 0.3) is 11.4 Å². The Morgan fingerprint density at radius 2 is 2.23 bits per heavy atom. The van der Waals surface area contributed by atoms with Crippen molar-refractivity contribution < 1.29 is 0 Å². The number of halogens is 1. The Bertz CT molecular complexity index is 424. The second kappa shape index (κ2) is 3.14. The Kier molecular flexibility index (Phi) is 1.98. The van der Waals surface area contributed by atoms with Gasteiger partial charge in [0.25, 0.3) is 0 Å². The van der Waals surface area contributed by atoms with Crippen molar-refractivity contribution in [3.05, 3.63) is 29.3 Å². The summed E-state index contributed by atoms with van der Waals surface area (Å²) >= 11 is 5.77. The molecule has 0 aromatic carbocycles. The average Bonchev–Trinajstić information content (AvgIpc) is 2.52. The molecule has 0 aliphatic rings. The predicted molar refractivity (Wildman–Crippen MR) is 49.4 cm³/mol. The van der Waals surface area contributed by atoms with E-state index in [-0.39, 0.29) is 0 Å². The van der Waals surface area contributed by atoms with Crippen molar-refractivity contribution in [1.82, 2.24) is 20.2 Å². The number of aromatic nitrogens is 4. The SMILES string of the molecule is Cc1nc(-c2cncc(Cl)c2)n[nH]1. The molecule has 2 heterocycles. The lowest BCUT2D eigenvalue weighted by Crippen LogP contribution is -1.82. The first-order valence-corrected chi connectivity index (χ1v) is 4.13. The molecular weight excluding hydrogens is 188 g/mol. The summed E-state index contributed by atoms with van der Waals surface area (Å²) in [5.41, 5.74) is 0.817. The number of H-pyrrole nitrogens is 1. The summed E-state index contributed by atoms with van der Waals surface area (Å²) in [5.74, 6) is 1.39. The van der Waals surface area contributed by atoms with Crippen LogP contribution in [0.15, 0.2) is 18.5 Å². The van der Waals surface area contributed by atoms with Crippen LogP contribution in [0, 0.1) is 6.92 Å². The monoisotopic (exact) mass is 194 g/mol. The highest BCUT2D eigenvalue weighted by atomic mass is 35.5. The van der Waals surface area contributed by atoms with Gasteiger partial charge in [-0.05, 0) is 13.0 Å². The number of aryl methyl sites for hydroxylation is 1. The molecule has 5 heteroatoms. The van der Waals surface area contributed by atoms with Gasteiger partial charge in [0.1, 0.15) is 5.82 Å². The van der Waals surface area contributed by atoms with Gasteiger partial charge in [0, 0.05) is 18.0 Å². The first-order valence-electron chi connectivity index (χ1n) is 3.75. The van der Waals surface area contributed by atoms with Crippen molar-refractivity contribution in [1.29, 1.82) is 0 Å². The van der Waals surface area contributed by atoms with Crippen molar-refractivity contribution in [2.24, 2.45) is 0 Å². The number of rotatable bonds is 1. The van der Waals surface area contributed by atoms with E-state index in [0.29, 0.717) is 10.8 Å². The van der Waals surface area contributed by atoms with Crippen molar-refractivity contribution >= 4 is 11.6 Å². The lowest BCUT2D eigenvalue weighted by Gasteiger charge is -1.93. The molecule has 0 spiro atoms. The minimum Gasteiger partial charge on any atom is -0.263 e. The minimum atomic E-state index is 0.583. The molecule has 13 heavy (non-hydrogen) atoms. The summed E-state index contributed by atoms with van der Waals surface area (Å²) in [6.07, 6.45) is 3.25. The maximum atomic E-state index is 5.77. The van der Waals surface area contributed by atoms with E-state index in [9.17, 15) is 0 Å². The Morgan fingerprint density at radius 1 is 1.38 bits per heavy atom. The molecule has 66 valence electrons. The van der Waals surface area contributed by atoms with Gasteiger partial charge >= 0.3 is 0 Å². The van der Waals surface area contributed by atoms with E-state index in [4.69, 9.17) is 11.6 Å². The standard InChI is InChI=1S/C8H7ClN4/c1-5-11-8(13-12-5)6-2-7(9)4-10-3-6/h2-4H,1H3,(H,11,12,13). The summed E-state index contributed by atoms with van der Waals surface area (Å²) in [6.45, 7) is 1.84. The molecule has 0 aliphatic heterocycles. The number of nitrogens with one attached hydrogen (secondary N) is 1. The molecule has 0 saturated heterocycles. The van der Waals surface area contributed by atoms with E-state index < -0.39 is 0 Å². The highest BCUT2D eigenvalue weighted by Crippen LogP contribution is 2.17. The van der Waals surface area contributed by atoms with Crippen LogP contribution in [0.1, 0.15) is 5.82 Å². The highest BCUT2D eigenvalue weighted by molar-refractivity contribution is 6.30. The van der Waals surface area contributed by atoms with Gasteiger partial charge in [0.05, 0.1) is 5.02 Å². The first-order chi connectivity index (χ1) is 6.25. The Labute approximate surface area is 80.0 Å². The molecule has 2 aromatic rings. The van der Waals surface area contributed by atoms with Gasteiger partial charge in [-0.25, -0.2) is 4.98 Å². The van der Waals surface area contributed by atoms with E-state index in [2.05, 4.69) is 20.2 Å². The van der Waals surface area contributed by atoms with Crippen molar-refractivity contribution in [3.8, 4) is 11.4 Å². The molecular formula is C8H7ClN4. The third kappa shape index (κ3) is 1.67. The van der Waals surface area contributed by atoms with Gasteiger partial charge < -0.3 is 0 Å². The molecule has 0 fully saturated rings. The van der Waals surface area contributed by atoms with Gasteiger partial charge in [0.2, 0.25) is 0 Å². The first kappa shape index (κ1) is 8.19. The van der Waals surface area contributed by atoms with Gasteiger partial charge in [-0.15, -0.1) is 0 Å². The third-order valence-electron chi connectivity index (χ3n) is 1.56. The number of nitrogens with zero attached hydrogens (tertiary/aromatic N) is 3. The van der Waals surface area contributed by atoms with Crippen molar-refractivity contribution in [2.75, 3.05) is 0 Å². The molecule has 0 unspecified atom stereocenters. The van der Waals surface area contributed by atoms with Crippen LogP contribution in [-0.2, 0) is 0 Å². The van der Waals surface area contributed by atoms with E-state index in [1.807, 2.05) is 6.92 Å². The maximum Gasteiger partial charge on any atom is 0.182 e. The summed E-state index contributed by atoms with van der Waals surface area (Å²) in [6, 6.07) is 1.77. The number of aromatic amines is 1. The fourth-order valence-electron chi connectivity index (χ4n) is 1.01. The van der Waals surface area contributed by atoms with Gasteiger partial charge in [0.15, 0.2) is 5.82 Å². The lowest BCUT2D eigenvalue weighted by molar-refractivity contribution is 1.04. The van der Waals surface area contributed by atoms with Crippen LogP contribution in [-0.4, -0.2) is 20.2 Å². The molecule has 2 aromatic heterocycles. The molecule has 0 saturated carbocycles. The Morgan fingerprint density at radius 3 is 2.85 bits per heavy atom. The van der Waals surface area contributed by atoms with Gasteiger partial charge in [-0.2, -0.15) is 5.10 Å². The molecule has 4 nitrogen and oxygen atoms in total. The molecule has 2 rings (SSSR count). The molecule has 0 amide bonds. The van der Waals surface area contributed by atoms with Crippen LogP contribution in [0.3, 0.4) is 0 Å². The van der Waals surface area contributed by atoms with Crippen LogP contribution in [0.5, 0.6) is 0 Å². The second-order valence-electron chi connectivity index (χ2n) is 2.64. The number of pyridine rings is 1. The van der Waals surface area contributed by atoms with E-state index in [0.717, 1.165) is 11.4 Å². The molecule has 0 aliphatic carbocycles. The topological polar surface area (TPSA) is 54.5 Å². The molecule has 0 bridgehead atoms. The minimum absolute atomic E-state index is 0.583. The number of hydrogen-bond acceptors (Lipinski definition) is 3. The van der Waals surface area contributed by atoms with Crippen molar-refractivity contribution in [2.45, 2.75) is 6.92 Å². The number of hydrogen-bond donors (Lipinski definition) is 1. The van der Waals surface area contributed by atoms with E-state index in [1.165, 1.54) is 0 Å². The lowest BCUT2D eigenvalue weighted by atomic mass is 10.3. The fourth-order valence-corrected chi connectivity index (χ4v) is 1.18. The van der Waals surface area contributed by atoms with Crippen LogP contribution < -0.4 is 0 Å². The largest absolute Gasteiger partial charge is 0.263 e. The smallest absolute Gasteiger partial charge is 0.182 e. The molecule has 1 N–H and O–H groups in total. The zero-order chi connectivity index (χ0) is 9.26. The fraction of sp³-hybridized carbons (Fsp3) is 0.125. The van der Waals surface area contributed by atoms with Crippen LogP contribution in [0.4, 0.5) is 0 Å². The van der Waals surface area contributed by atoms with Crippen molar-refractivity contribution in [3.63, 3.8) is 0 Å². The van der Waals surface area contributed by atoms with Crippen LogP contribution >= 0.6 is 11.6 Å². The van der Waals surface area contributed by atoms with E-state index in [1.54, 1.807) is 18.5 Å². The average molecular weight is 195 g/mol. The Hall–Kier alpha value is -1.42. The maximum absolute atomic E-state index is 5.77. The van der Waals surface area contributed by atoms with Crippen LogP contribution in [0.2, 0.25) is 5.02 Å². The van der Waals surface area contributed by atoms with Gasteiger partial charge in [-0.1, -0.05) is 11.6 Å². The summed E-state index contributed by atoms with van der Waals surface area (Å²) < 4.78 is 0. The zero-order valence-electron chi connectivity index (χ0n) is 6.95. The zero-order valence-corrected chi connectivity index (χ0v) is 7.71. The van der Waals surface area contributed by atoms with E-state index >= 15 is 0 Å². The van der Waals surface area contributed by atoms with Gasteiger partial charge in [-0.3, -0.25) is 10.1 Å². The quantitative estimate of drug-likeness (QED) is 0.754. The molecule has 0 atom stereocenters. The Balaban J connectivity index is 2.46. The predicted octanol–water partition coefficient (Wildman–Crippen LogP) is 1.83. The molecule has 0 radical (unpaired) electrons. The normalized spacial score (nSPS) is 10.3. The third-order valence-corrected chi connectivity index (χ3v) is 1.77.